The normalized spacial score (nSPS) is 10.8. The Balaban J connectivity index is 2.05. The van der Waals surface area contributed by atoms with Gasteiger partial charge < -0.3 is 4.74 Å². The molecule has 3 heteroatoms. The summed E-state index contributed by atoms with van der Waals surface area (Å²) in [6, 6.07) is 12.0. The highest BCUT2D eigenvalue weighted by atomic mass is 79.9. The fourth-order valence-corrected chi connectivity index (χ4v) is 2.03. The molecule has 0 saturated heterocycles. The minimum absolute atomic E-state index is 0.867. The van der Waals surface area contributed by atoms with Gasteiger partial charge in [-0.25, -0.2) is 4.98 Å². The number of hydrogen-bond donors (Lipinski definition) is 0. The molecule has 2 nitrogen and oxygen atoms in total. The van der Waals surface area contributed by atoms with Crippen molar-refractivity contribution in [2.75, 3.05) is 7.11 Å². The van der Waals surface area contributed by atoms with Crippen molar-refractivity contribution in [2.24, 2.45) is 0 Å². The highest BCUT2D eigenvalue weighted by Crippen LogP contribution is 2.16. The molecule has 0 bridgehead atoms. The Labute approximate surface area is 115 Å². The van der Waals surface area contributed by atoms with Crippen molar-refractivity contribution in [2.45, 2.75) is 6.42 Å². The summed E-state index contributed by atoms with van der Waals surface area (Å²) in [6.07, 6.45) is 6.83. The molecular weight excluding hydrogens is 290 g/mol. The van der Waals surface area contributed by atoms with E-state index in [1.54, 1.807) is 13.3 Å². The van der Waals surface area contributed by atoms with E-state index in [2.05, 4.69) is 39.1 Å². The second kappa shape index (κ2) is 6.36. The first kappa shape index (κ1) is 12.8. The summed E-state index contributed by atoms with van der Waals surface area (Å²) in [5.74, 6) is 0.892. The zero-order valence-electron chi connectivity index (χ0n) is 10.1. The van der Waals surface area contributed by atoms with E-state index in [1.165, 1.54) is 5.56 Å². The zero-order chi connectivity index (χ0) is 12.8. The Bertz CT molecular complexity index is 552. The number of allylic oxidation sites excluding steroid dienone is 1. The summed E-state index contributed by atoms with van der Waals surface area (Å²) in [4.78, 5) is 4.18. The molecule has 0 aliphatic heterocycles. The van der Waals surface area contributed by atoms with Crippen LogP contribution in [0.4, 0.5) is 0 Å². The van der Waals surface area contributed by atoms with Gasteiger partial charge in [-0.15, -0.1) is 0 Å². The van der Waals surface area contributed by atoms with Crippen molar-refractivity contribution in [1.29, 1.82) is 0 Å². The van der Waals surface area contributed by atoms with Crippen LogP contribution in [0.5, 0.6) is 5.75 Å². The minimum atomic E-state index is 0.867. The van der Waals surface area contributed by atoms with E-state index in [1.807, 2.05) is 30.3 Å². The van der Waals surface area contributed by atoms with E-state index >= 15 is 0 Å². The summed E-state index contributed by atoms with van der Waals surface area (Å²) in [7, 11) is 1.68. The van der Waals surface area contributed by atoms with Crippen molar-refractivity contribution in [1.82, 2.24) is 4.98 Å². The summed E-state index contributed by atoms with van der Waals surface area (Å²) in [5.41, 5.74) is 2.31. The first-order valence-corrected chi connectivity index (χ1v) is 6.49. The molecule has 92 valence electrons. The van der Waals surface area contributed by atoms with E-state index in [9.17, 15) is 0 Å². The lowest BCUT2D eigenvalue weighted by Gasteiger charge is -2.01. The van der Waals surface area contributed by atoms with Gasteiger partial charge in [0.25, 0.3) is 0 Å². The van der Waals surface area contributed by atoms with E-state index in [4.69, 9.17) is 4.74 Å². The van der Waals surface area contributed by atoms with Crippen LogP contribution in [0, 0.1) is 0 Å². The smallest absolute Gasteiger partial charge is 0.119 e. The molecular formula is C15H14BrNO. The molecule has 2 aromatic rings. The van der Waals surface area contributed by atoms with Crippen molar-refractivity contribution in [3.63, 3.8) is 0 Å². The molecule has 1 heterocycles. The Morgan fingerprint density at radius 3 is 2.94 bits per heavy atom. The SMILES string of the molecule is COc1cccc(CC=Cc2cccnc2Br)c1. The predicted octanol–water partition coefficient (Wildman–Crippen LogP) is 4.11. The van der Waals surface area contributed by atoms with Crippen LogP contribution in [-0.2, 0) is 6.42 Å². The van der Waals surface area contributed by atoms with Gasteiger partial charge in [-0.1, -0.05) is 30.4 Å². The minimum Gasteiger partial charge on any atom is -0.497 e. The second-order valence-electron chi connectivity index (χ2n) is 3.84. The average Bonchev–Trinajstić information content (AvgIpc) is 2.41. The van der Waals surface area contributed by atoms with Crippen LogP contribution in [-0.4, -0.2) is 12.1 Å². The summed E-state index contributed by atoms with van der Waals surface area (Å²) in [5, 5.41) is 0. The lowest BCUT2D eigenvalue weighted by atomic mass is 10.1. The molecule has 0 aliphatic carbocycles. The third kappa shape index (κ3) is 3.44. The number of pyridine rings is 1. The number of ether oxygens (including phenoxy) is 1. The highest BCUT2D eigenvalue weighted by Gasteiger charge is 1.95. The number of nitrogens with zero attached hydrogens (tertiary/aromatic N) is 1. The fourth-order valence-electron chi connectivity index (χ4n) is 1.64. The molecule has 2 rings (SSSR count). The number of halogens is 1. The maximum atomic E-state index is 5.20. The monoisotopic (exact) mass is 303 g/mol. The maximum absolute atomic E-state index is 5.20. The van der Waals surface area contributed by atoms with Gasteiger partial charge in [0.2, 0.25) is 0 Å². The van der Waals surface area contributed by atoms with Crippen LogP contribution < -0.4 is 4.74 Å². The van der Waals surface area contributed by atoms with Crippen LogP contribution in [0.3, 0.4) is 0 Å². The number of aromatic nitrogens is 1. The Morgan fingerprint density at radius 1 is 1.28 bits per heavy atom. The molecule has 18 heavy (non-hydrogen) atoms. The fraction of sp³-hybridized carbons (Fsp3) is 0.133. The van der Waals surface area contributed by atoms with Gasteiger partial charge in [0.05, 0.1) is 7.11 Å². The molecule has 0 atom stereocenters. The molecule has 0 unspecified atom stereocenters. The van der Waals surface area contributed by atoms with Crippen molar-refractivity contribution >= 4 is 22.0 Å². The van der Waals surface area contributed by atoms with Gasteiger partial charge in [-0.05, 0) is 46.1 Å². The number of benzene rings is 1. The summed E-state index contributed by atoms with van der Waals surface area (Å²) < 4.78 is 6.06. The summed E-state index contributed by atoms with van der Waals surface area (Å²) >= 11 is 3.42. The van der Waals surface area contributed by atoms with E-state index < -0.39 is 0 Å². The van der Waals surface area contributed by atoms with Crippen LogP contribution in [0.15, 0.2) is 53.3 Å². The van der Waals surface area contributed by atoms with Crippen LogP contribution >= 0.6 is 15.9 Å². The maximum Gasteiger partial charge on any atom is 0.119 e. The third-order valence-corrected chi connectivity index (χ3v) is 3.24. The number of hydrogen-bond acceptors (Lipinski definition) is 2. The molecule has 0 saturated carbocycles. The van der Waals surface area contributed by atoms with E-state index in [0.717, 1.165) is 22.3 Å². The lowest BCUT2D eigenvalue weighted by molar-refractivity contribution is 0.414. The Morgan fingerprint density at radius 2 is 2.17 bits per heavy atom. The van der Waals surface area contributed by atoms with Crippen molar-refractivity contribution in [3.05, 3.63) is 64.4 Å². The van der Waals surface area contributed by atoms with Gasteiger partial charge >= 0.3 is 0 Å². The van der Waals surface area contributed by atoms with Crippen LogP contribution in [0.2, 0.25) is 0 Å². The Kier molecular flexibility index (Phi) is 4.53. The lowest BCUT2D eigenvalue weighted by Crippen LogP contribution is -1.86. The van der Waals surface area contributed by atoms with Gasteiger partial charge in [-0.3, -0.25) is 0 Å². The quantitative estimate of drug-likeness (QED) is 0.793. The van der Waals surface area contributed by atoms with Gasteiger partial charge in [0.15, 0.2) is 0 Å². The Hall–Kier alpha value is -1.61. The van der Waals surface area contributed by atoms with Crippen LogP contribution in [0.1, 0.15) is 11.1 Å². The van der Waals surface area contributed by atoms with Crippen molar-refractivity contribution < 1.29 is 4.74 Å². The van der Waals surface area contributed by atoms with Gasteiger partial charge in [-0.2, -0.15) is 0 Å². The summed E-state index contributed by atoms with van der Waals surface area (Å²) in [6.45, 7) is 0. The average molecular weight is 304 g/mol. The van der Waals surface area contributed by atoms with E-state index in [-0.39, 0.29) is 0 Å². The topological polar surface area (TPSA) is 22.1 Å². The first-order chi connectivity index (χ1) is 8.79. The zero-order valence-corrected chi connectivity index (χ0v) is 11.7. The third-order valence-electron chi connectivity index (χ3n) is 2.57. The molecule has 0 radical (unpaired) electrons. The first-order valence-electron chi connectivity index (χ1n) is 5.69. The molecule has 0 fully saturated rings. The standard InChI is InChI=1S/C15H14BrNO/c1-18-14-9-3-6-12(11-14)5-2-7-13-8-4-10-17-15(13)16/h2-4,6-11H,5H2,1H3. The number of methoxy groups -OCH3 is 1. The van der Waals surface area contributed by atoms with Crippen molar-refractivity contribution in [3.8, 4) is 5.75 Å². The van der Waals surface area contributed by atoms with E-state index in [0.29, 0.717) is 0 Å². The largest absolute Gasteiger partial charge is 0.497 e. The molecule has 1 aromatic carbocycles. The highest BCUT2D eigenvalue weighted by molar-refractivity contribution is 9.10. The van der Waals surface area contributed by atoms with Crippen LogP contribution in [0.25, 0.3) is 6.08 Å². The molecule has 1 aromatic heterocycles. The van der Waals surface area contributed by atoms with Gasteiger partial charge in [0.1, 0.15) is 10.4 Å². The molecule has 0 aliphatic rings. The second-order valence-corrected chi connectivity index (χ2v) is 4.59. The predicted molar refractivity (Wildman–Crippen MR) is 77.7 cm³/mol. The number of rotatable bonds is 4. The molecule has 0 N–H and O–H groups in total. The molecule has 0 amide bonds. The molecule has 0 spiro atoms. The van der Waals surface area contributed by atoms with Gasteiger partial charge in [0, 0.05) is 11.8 Å².